The average Bonchev–Trinajstić information content (AvgIpc) is 3.10. The Morgan fingerprint density at radius 2 is 2.04 bits per heavy atom. The van der Waals surface area contributed by atoms with Crippen LogP contribution >= 0.6 is 11.3 Å². The number of aromatic nitrogens is 5. The Morgan fingerprint density at radius 1 is 1.24 bits per heavy atom. The molecule has 8 heteroatoms. The van der Waals surface area contributed by atoms with Gasteiger partial charge in [-0.1, -0.05) is 20.8 Å². The van der Waals surface area contributed by atoms with Gasteiger partial charge in [-0.15, -0.1) is 26.6 Å². The van der Waals surface area contributed by atoms with Crippen LogP contribution in [0, 0.1) is 12.8 Å². The second-order valence-corrected chi connectivity index (χ2v) is 8.54. The Morgan fingerprint density at radius 3 is 2.72 bits per heavy atom. The zero-order chi connectivity index (χ0) is 17.6. The molecule has 25 heavy (non-hydrogen) atoms. The third-order valence-corrected chi connectivity index (χ3v) is 5.28. The molecule has 3 aromatic rings. The van der Waals surface area contributed by atoms with Crippen molar-refractivity contribution in [3.8, 4) is 0 Å². The highest BCUT2D eigenvalue weighted by Gasteiger charge is 2.29. The minimum absolute atomic E-state index is 0.0850. The van der Waals surface area contributed by atoms with Gasteiger partial charge in [-0.05, 0) is 19.1 Å². The summed E-state index contributed by atoms with van der Waals surface area (Å²) in [6.45, 7) is 11.4. The van der Waals surface area contributed by atoms with E-state index in [1.54, 1.807) is 11.3 Å². The summed E-state index contributed by atoms with van der Waals surface area (Å²) in [6.07, 6.45) is 0. The van der Waals surface area contributed by atoms with Crippen LogP contribution in [0.5, 0.6) is 0 Å². The van der Waals surface area contributed by atoms with Crippen LogP contribution in [0.4, 0.5) is 10.9 Å². The Kier molecular flexibility index (Phi) is 3.87. The Bertz CT molecular complexity index is 886. The van der Waals surface area contributed by atoms with Gasteiger partial charge in [-0.2, -0.15) is 4.52 Å². The topological polar surface area (TPSA) is 71.2 Å². The van der Waals surface area contributed by atoms with Crippen LogP contribution in [0.15, 0.2) is 17.5 Å². The van der Waals surface area contributed by atoms with E-state index in [4.69, 9.17) is 5.10 Å². The number of thiazole rings is 1. The summed E-state index contributed by atoms with van der Waals surface area (Å²) in [5, 5.41) is 19.8. The summed E-state index contributed by atoms with van der Waals surface area (Å²) in [5.74, 6) is 2.49. The maximum absolute atomic E-state index is 4.77. The molecule has 0 atom stereocenters. The normalized spacial score (nSPS) is 15.6. The first-order valence-electron chi connectivity index (χ1n) is 8.54. The molecule has 0 aliphatic carbocycles. The number of hydrogen-bond donors (Lipinski definition) is 1. The van der Waals surface area contributed by atoms with Crippen molar-refractivity contribution in [1.29, 1.82) is 0 Å². The molecule has 0 bridgehead atoms. The minimum Gasteiger partial charge on any atom is -0.361 e. The summed E-state index contributed by atoms with van der Waals surface area (Å²) in [6, 6.07) is 4.03. The molecule has 7 nitrogen and oxygen atoms in total. The number of rotatable bonds is 4. The molecule has 4 heterocycles. The summed E-state index contributed by atoms with van der Waals surface area (Å²) in [7, 11) is 0. The van der Waals surface area contributed by atoms with E-state index in [-0.39, 0.29) is 5.41 Å². The van der Waals surface area contributed by atoms with Crippen molar-refractivity contribution in [3.05, 3.63) is 29.0 Å². The molecule has 0 amide bonds. The molecule has 0 aromatic carbocycles. The molecule has 0 saturated carbocycles. The van der Waals surface area contributed by atoms with Gasteiger partial charge >= 0.3 is 0 Å². The summed E-state index contributed by atoms with van der Waals surface area (Å²) in [4.78, 5) is 6.74. The molecular formula is C17H23N7S. The zero-order valence-corrected chi connectivity index (χ0v) is 15.8. The van der Waals surface area contributed by atoms with Crippen LogP contribution in [0.2, 0.25) is 0 Å². The van der Waals surface area contributed by atoms with E-state index in [1.807, 2.05) is 23.6 Å². The molecule has 1 saturated heterocycles. The van der Waals surface area contributed by atoms with Crippen molar-refractivity contribution in [3.63, 3.8) is 0 Å². The molecule has 0 spiro atoms. The van der Waals surface area contributed by atoms with Gasteiger partial charge in [-0.25, -0.2) is 4.98 Å². The number of nitrogens with zero attached hydrogens (tertiary/aromatic N) is 6. The molecule has 4 rings (SSSR count). The monoisotopic (exact) mass is 357 g/mol. The number of hydrogen-bond acceptors (Lipinski definition) is 7. The smallest absolute Gasteiger partial charge is 0.182 e. The van der Waals surface area contributed by atoms with Gasteiger partial charge < -0.3 is 10.2 Å². The standard InChI is InChI=1S/C17H23N7S/c1-11-10-25-16(19-11)18-7-12-8-23(9-12)14-6-5-13-20-21-15(17(2,3)4)24(13)22-14/h5-6,10,12H,7-9H2,1-4H3,(H,18,19). The van der Waals surface area contributed by atoms with E-state index >= 15 is 0 Å². The molecular weight excluding hydrogens is 334 g/mol. The molecule has 0 unspecified atom stereocenters. The van der Waals surface area contributed by atoms with Gasteiger partial charge in [0, 0.05) is 36.3 Å². The lowest BCUT2D eigenvalue weighted by Gasteiger charge is -2.40. The quantitative estimate of drug-likeness (QED) is 0.774. The molecule has 3 aromatic heterocycles. The van der Waals surface area contributed by atoms with Crippen molar-refractivity contribution in [2.45, 2.75) is 33.1 Å². The minimum atomic E-state index is -0.0850. The fourth-order valence-electron chi connectivity index (χ4n) is 2.97. The Labute approximate surface area is 151 Å². The third-order valence-electron chi connectivity index (χ3n) is 4.36. The van der Waals surface area contributed by atoms with Crippen molar-refractivity contribution in [2.24, 2.45) is 5.92 Å². The van der Waals surface area contributed by atoms with Crippen molar-refractivity contribution >= 4 is 27.9 Å². The summed E-state index contributed by atoms with van der Waals surface area (Å²) in [5.41, 5.74) is 1.79. The fraction of sp³-hybridized carbons (Fsp3) is 0.529. The SMILES string of the molecule is Cc1csc(NCC2CN(c3ccc4nnc(C(C)(C)C)n4n3)C2)n1. The van der Waals surface area contributed by atoms with Crippen LogP contribution in [0.25, 0.3) is 5.65 Å². The largest absolute Gasteiger partial charge is 0.361 e. The van der Waals surface area contributed by atoms with Crippen LogP contribution in [-0.2, 0) is 5.41 Å². The van der Waals surface area contributed by atoms with Gasteiger partial charge in [0.05, 0.1) is 5.69 Å². The van der Waals surface area contributed by atoms with E-state index in [9.17, 15) is 0 Å². The van der Waals surface area contributed by atoms with E-state index in [1.165, 1.54) is 0 Å². The second kappa shape index (κ2) is 5.94. The van der Waals surface area contributed by atoms with Crippen molar-refractivity contribution in [2.75, 3.05) is 29.9 Å². The highest BCUT2D eigenvalue weighted by Crippen LogP contribution is 2.26. The van der Waals surface area contributed by atoms with Gasteiger partial charge in [0.2, 0.25) is 0 Å². The van der Waals surface area contributed by atoms with Gasteiger partial charge in [-0.3, -0.25) is 0 Å². The lowest BCUT2D eigenvalue weighted by atomic mass is 9.96. The Balaban J connectivity index is 1.41. The predicted octanol–water partition coefficient (Wildman–Crippen LogP) is 2.74. The first-order valence-corrected chi connectivity index (χ1v) is 9.42. The van der Waals surface area contributed by atoms with E-state index in [0.717, 1.165) is 47.7 Å². The van der Waals surface area contributed by atoms with Crippen molar-refractivity contribution < 1.29 is 0 Å². The second-order valence-electron chi connectivity index (χ2n) is 7.68. The Hall–Kier alpha value is -2.22. The molecule has 1 fully saturated rings. The van der Waals surface area contributed by atoms with Crippen LogP contribution in [-0.4, -0.2) is 44.4 Å². The van der Waals surface area contributed by atoms with E-state index < -0.39 is 0 Å². The first-order chi connectivity index (χ1) is 11.9. The highest BCUT2D eigenvalue weighted by molar-refractivity contribution is 7.13. The maximum Gasteiger partial charge on any atom is 0.182 e. The van der Waals surface area contributed by atoms with Crippen molar-refractivity contribution in [1.82, 2.24) is 24.8 Å². The first kappa shape index (κ1) is 16.3. The van der Waals surface area contributed by atoms with Crippen LogP contribution in [0.3, 0.4) is 0 Å². The highest BCUT2D eigenvalue weighted by atomic mass is 32.1. The van der Waals surface area contributed by atoms with Crippen LogP contribution < -0.4 is 10.2 Å². The molecule has 1 aliphatic heterocycles. The van der Waals surface area contributed by atoms with Crippen LogP contribution in [0.1, 0.15) is 32.3 Å². The average molecular weight is 357 g/mol. The molecule has 1 aliphatic rings. The number of anilines is 2. The van der Waals surface area contributed by atoms with E-state index in [2.05, 4.69) is 51.5 Å². The number of nitrogens with one attached hydrogen (secondary N) is 1. The third kappa shape index (κ3) is 3.18. The summed E-state index contributed by atoms with van der Waals surface area (Å²) < 4.78 is 1.87. The zero-order valence-electron chi connectivity index (χ0n) is 15.0. The number of aryl methyl sites for hydroxylation is 1. The number of fused-ring (bicyclic) bond motifs is 1. The molecule has 132 valence electrons. The molecule has 0 radical (unpaired) electrons. The van der Waals surface area contributed by atoms with Gasteiger partial charge in [0.15, 0.2) is 16.6 Å². The summed E-state index contributed by atoms with van der Waals surface area (Å²) >= 11 is 1.66. The molecule has 1 N–H and O–H groups in total. The lowest BCUT2D eigenvalue weighted by molar-refractivity contribution is 0.424. The van der Waals surface area contributed by atoms with E-state index in [0.29, 0.717) is 5.92 Å². The maximum atomic E-state index is 4.77. The van der Waals surface area contributed by atoms with Gasteiger partial charge in [0.25, 0.3) is 0 Å². The van der Waals surface area contributed by atoms with Gasteiger partial charge in [0.1, 0.15) is 5.82 Å². The predicted molar refractivity (Wildman–Crippen MR) is 101 cm³/mol. The lowest BCUT2D eigenvalue weighted by Crippen LogP contribution is -2.50. The fourth-order valence-corrected chi connectivity index (χ4v) is 3.67.